The number of rotatable bonds is 15. The summed E-state index contributed by atoms with van der Waals surface area (Å²) >= 11 is 0. The Morgan fingerprint density at radius 1 is 0.897 bits per heavy atom. The molecule has 0 saturated carbocycles. The number of ether oxygens (including phenoxy) is 6. The van der Waals surface area contributed by atoms with Crippen LogP contribution in [0.5, 0.6) is 11.5 Å². The molecule has 2 N–H and O–H groups in total. The quantitative estimate of drug-likeness (QED) is 0.178. The topological polar surface area (TPSA) is 150 Å². The molecular formula is C28H43NO10. The highest BCUT2D eigenvalue weighted by molar-refractivity contribution is 5.81. The number of methoxy groups -OCH3 is 1. The molecule has 11 heteroatoms. The van der Waals surface area contributed by atoms with Gasteiger partial charge in [-0.1, -0.05) is 47.1 Å². The molecule has 1 rings (SSSR count). The highest BCUT2D eigenvalue weighted by atomic mass is 16.7. The minimum Gasteiger partial charge on any atom is -0.468 e. The molecule has 0 aliphatic heterocycles. The first-order chi connectivity index (χ1) is 18.3. The summed E-state index contributed by atoms with van der Waals surface area (Å²) in [6, 6.07) is 4.35. The molecule has 1 aromatic rings. The number of carbonyl (C=O) groups is 4. The molecule has 39 heavy (non-hydrogen) atoms. The van der Waals surface area contributed by atoms with E-state index in [1.807, 2.05) is 34.6 Å². The van der Waals surface area contributed by atoms with E-state index in [2.05, 4.69) is 0 Å². The van der Waals surface area contributed by atoms with E-state index in [4.69, 9.17) is 34.2 Å². The van der Waals surface area contributed by atoms with Gasteiger partial charge in [0.1, 0.15) is 11.6 Å². The lowest BCUT2D eigenvalue weighted by Gasteiger charge is -2.29. The molecule has 0 bridgehead atoms. The summed E-state index contributed by atoms with van der Waals surface area (Å²) in [5.74, 6) is -1.15. The average molecular weight is 554 g/mol. The molecule has 0 amide bonds. The average Bonchev–Trinajstić information content (AvgIpc) is 2.85. The molecule has 1 unspecified atom stereocenters. The Labute approximate surface area is 230 Å². The van der Waals surface area contributed by atoms with Crippen molar-refractivity contribution in [3.8, 4) is 11.5 Å². The van der Waals surface area contributed by atoms with Gasteiger partial charge in [-0.3, -0.25) is 9.59 Å². The molecule has 0 saturated heterocycles. The molecule has 0 aliphatic carbocycles. The van der Waals surface area contributed by atoms with Crippen molar-refractivity contribution in [1.29, 1.82) is 0 Å². The Morgan fingerprint density at radius 3 is 1.97 bits per heavy atom. The van der Waals surface area contributed by atoms with E-state index in [0.29, 0.717) is 12.0 Å². The third kappa shape index (κ3) is 12.8. The van der Waals surface area contributed by atoms with Gasteiger partial charge in [0.05, 0.1) is 20.3 Å². The molecular weight excluding hydrogens is 510 g/mol. The van der Waals surface area contributed by atoms with Gasteiger partial charge in [-0.25, -0.2) is 9.59 Å². The van der Waals surface area contributed by atoms with Gasteiger partial charge < -0.3 is 34.2 Å². The molecule has 11 nitrogen and oxygen atoms in total. The minimum absolute atomic E-state index is 0.0239. The van der Waals surface area contributed by atoms with Crippen LogP contribution >= 0.6 is 0 Å². The summed E-state index contributed by atoms with van der Waals surface area (Å²) < 4.78 is 31.0. The van der Waals surface area contributed by atoms with Crippen molar-refractivity contribution >= 4 is 24.2 Å². The van der Waals surface area contributed by atoms with Gasteiger partial charge in [-0.05, 0) is 42.9 Å². The maximum absolute atomic E-state index is 12.7. The largest absolute Gasteiger partial charge is 0.513 e. The molecule has 0 heterocycles. The third-order valence-corrected chi connectivity index (χ3v) is 5.29. The van der Waals surface area contributed by atoms with Crippen LogP contribution in [0.1, 0.15) is 72.8 Å². The fourth-order valence-corrected chi connectivity index (χ4v) is 3.49. The molecule has 1 aromatic carbocycles. The van der Waals surface area contributed by atoms with Gasteiger partial charge in [-0.2, -0.15) is 0 Å². The van der Waals surface area contributed by atoms with Crippen LogP contribution in [0.15, 0.2) is 18.2 Å². The van der Waals surface area contributed by atoms with E-state index in [9.17, 15) is 19.2 Å². The fraction of sp³-hybridized carbons (Fsp3) is 0.643. The van der Waals surface area contributed by atoms with Crippen LogP contribution in [0, 0.1) is 11.8 Å². The van der Waals surface area contributed by atoms with Gasteiger partial charge in [0.25, 0.3) is 0 Å². The van der Waals surface area contributed by atoms with Crippen LogP contribution in [0.25, 0.3) is 0 Å². The summed E-state index contributed by atoms with van der Waals surface area (Å²) in [6.45, 7) is 11.3. The van der Waals surface area contributed by atoms with Gasteiger partial charge in [0.15, 0.2) is 11.5 Å². The van der Waals surface area contributed by atoms with Crippen molar-refractivity contribution < 1.29 is 47.6 Å². The van der Waals surface area contributed by atoms with Crippen LogP contribution < -0.4 is 15.2 Å². The lowest BCUT2D eigenvalue weighted by Crippen LogP contribution is -2.53. The second kappa shape index (κ2) is 16.6. The predicted octanol–water partition coefficient (Wildman–Crippen LogP) is 4.95. The third-order valence-electron chi connectivity index (χ3n) is 5.29. The first kappa shape index (κ1) is 33.7. The van der Waals surface area contributed by atoms with Crippen molar-refractivity contribution in [2.75, 3.05) is 20.3 Å². The van der Waals surface area contributed by atoms with Crippen molar-refractivity contribution in [3.05, 3.63) is 23.8 Å². The van der Waals surface area contributed by atoms with Gasteiger partial charge in [0.2, 0.25) is 0 Å². The van der Waals surface area contributed by atoms with Crippen molar-refractivity contribution in [2.24, 2.45) is 17.6 Å². The number of hydrogen-bond donors (Lipinski definition) is 1. The number of benzene rings is 1. The first-order valence-electron chi connectivity index (χ1n) is 13.2. The van der Waals surface area contributed by atoms with Gasteiger partial charge in [-0.15, -0.1) is 0 Å². The summed E-state index contributed by atoms with van der Waals surface area (Å²) in [7, 11) is 1.21. The number of esters is 2. The zero-order chi connectivity index (χ0) is 29.6. The molecule has 220 valence electrons. The highest BCUT2D eigenvalue weighted by Gasteiger charge is 2.38. The number of nitrogens with two attached hydrogens (primary N) is 1. The molecule has 0 spiro atoms. The van der Waals surface area contributed by atoms with Gasteiger partial charge in [0, 0.05) is 19.3 Å². The Bertz CT molecular complexity index is 962. The summed E-state index contributed by atoms with van der Waals surface area (Å²) in [5, 5.41) is 0. The van der Waals surface area contributed by atoms with E-state index in [1.54, 1.807) is 13.0 Å². The fourth-order valence-electron chi connectivity index (χ4n) is 3.49. The van der Waals surface area contributed by atoms with Crippen molar-refractivity contribution in [1.82, 2.24) is 0 Å². The van der Waals surface area contributed by atoms with E-state index in [0.717, 1.165) is 6.42 Å². The van der Waals surface area contributed by atoms with Crippen LogP contribution in [0.4, 0.5) is 9.59 Å². The highest BCUT2D eigenvalue weighted by Crippen LogP contribution is 2.32. The monoisotopic (exact) mass is 553 g/mol. The molecule has 2 atom stereocenters. The maximum Gasteiger partial charge on any atom is 0.513 e. The zero-order valence-electron chi connectivity index (χ0n) is 24.1. The normalized spacial score (nSPS) is 13.3. The maximum atomic E-state index is 12.7. The van der Waals surface area contributed by atoms with Gasteiger partial charge >= 0.3 is 24.2 Å². The van der Waals surface area contributed by atoms with E-state index < -0.39 is 29.9 Å². The standard InChI is InChI=1S/C28H43NO10/c1-8-9-10-24(30)37-20(6)14-28(29,25(31)34-7)15-21-11-12-22(38-26(32)35-16-18(2)3)23(13-21)39-27(33)36-17-19(4)5/h11-13,18-20H,8-10,14-17,29H2,1-7H3/t20-,28?/m0/s1. The van der Waals surface area contributed by atoms with E-state index in [-0.39, 0.29) is 61.8 Å². The zero-order valence-corrected chi connectivity index (χ0v) is 24.1. The SMILES string of the molecule is CCCCC(=O)O[C@@H](C)CC(N)(Cc1ccc(OC(=O)OCC(C)C)c(OC(=O)OCC(C)C)c1)C(=O)OC. The van der Waals surface area contributed by atoms with Crippen molar-refractivity contribution in [2.45, 2.75) is 85.3 Å². The van der Waals surface area contributed by atoms with E-state index in [1.165, 1.54) is 19.2 Å². The minimum atomic E-state index is -1.58. The number of hydrogen-bond acceptors (Lipinski definition) is 11. The number of unbranched alkanes of at least 4 members (excludes halogenated alkanes) is 1. The summed E-state index contributed by atoms with van der Waals surface area (Å²) in [6.07, 6.45) is -0.922. The molecule has 0 aromatic heterocycles. The number of carbonyl (C=O) groups excluding carboxylic acids is 4. The van der Waals surface area contributed by atoms with E-state index >= 15 is 0 Å². The molecule has 0 aliphatic rings. The molecule has 0 radical (unpaired) electrons. The van der Waals surface area contributed by atoms with Crippen LogP contribution in [-0.2, 0) is 35.0 Å². The van der Waals surface area contributed by atoms with Crippen LogP contribution in [0.3, 0.4) is 0 Å². The smallest absolute Gasteiger partial charge is 0.468 e. The summed E-state index contributed by atoms with van der Waals surface area (Å²) in [4.78, 5) is 49.2. The predicted molar refractivity (Wildman–Crippen MR) is 142 cm³/mol. The lowest BCUT2D eigenvalue weighted by molar-refractivity contribution is -0.155. The Hall–Kier alpha value is -3.34. The Balaban J connectivity index is 3.20. The summed E-state index contributed by atoms with van der Waals surface area (Å²) in [5.41, 5.74) is 5.36. The second-order valence-electron chi connectivity index (χ2n) is 10.3. The first-order valence-corrected chi connectivity index (χ1v) is 13.2. The van der Waals surface area contributed by atoms with Crippen LogP contribution in [-0.4, -0.2) is 56.2 Å². The second-order valence-corrected chi connectivity index (χ2v) is 10.3. The lowest BCUT2D eigenvalue weighted by atomic mass is 9.86. The molecule has 0 fully saturated rings. The van der Waals surface area contributed by atoms with Crippen LogP contribution in [0.2, 0.25) is 0 Å². The Morgan fingerprint density at radius 2 is 1.46 bits per heavy atom. The van der Waals surface area contributed by atoms with Crippen molar-refractivity contribution in [3.63, 3.8) is 0 Å². The Kier molecular flexibility index (Phi) is 14.3.